The summed E-state index contributed by atoms with van der Waals surface area (Å²) in [6.45, 7) is 1.75. The first-order valence-corrected chi connectivity index (χ1v) is 6.54. The summed E-state index contributed by atoms with van der Waals surface area (Å²) in [5.74, 6) is -2.40. The summed E-state index contributed by atoms with van der Waals surface area (Å²) < 4.78 is 13.9. The summed E-state index contributed by atoms with van der Waals surface area (Å²) in [5, 5.41) is 9.75. The summed E-state index contributed by atoms with van der Waals surface area (Å²) in [4.78, 5) is 16.5. The van der Waals surface area contributed by atoms with Crippen LogP contribution in [0.2, 0.25) is 5.02 Å². The number of rotatable bonds is 3. The van der Waals surface area contributed by atoms with E-state index >= 15 is 0 Å². The summed E-state index contributed by atoms with van der Waals surface area (Å²) in [7, 11) is 0. The number of carbonyl (C=O) groups is 1. The molecule has 6 heteroatoms. The Morgan fingerprint density at radius 1 is 1.58 bits per heavy atom. The molecule has 0 N–H and O–H groups in total. The number of aryl methyl sites for hydroxylation is 1. The van der Waals surface area contributed by atoms with Crippen LogP contribution in [0.25, 0.3) is 0 Å². The number of aromatic nitrogens is 1. The molecule has 3 nitrogen and oxygen atoms in total. The Kier molecular flexibility index (Phi) is 3.93. The van der Waals surface area contributed by atoms with Gasteiger partial charge in [-0.15, -0.1) is 11.3 Å². The molecule has 1 unspecified atom stereocenters. The van der Waals surface area contributed by atoms with E-state index < -0.39 is 17.5 Å². The number of nitrogens with zero attached hydrogens (tertiary/aromatic N) is 2. The third-order valence-electron chi connectivity index (χ3n) is 2.55. The predicted octanol–water partition coefficient (Wildman–Crippen LogP) is 3.73. The van der Waals surface area contributed by atoms with Crippen molar-refractivity contribution in [3.05, 3.63) is 50.7 Å². The van der Waals surface area contributed by atoms with E-state index in [-0.39, 0.29) is 10.6 Å². The van der Waals surface area contributed by atoms with Gasteiger partial charge in [0.1, 0.15) is 11.7 Å². The van der Waals surface area contributed by atoms with Crippen LogP contribution in [-0.2, 0) is 0 Å². The zero-order valence-corrected chi connectivity index (χ0v) is 11.4. The van der Waals surface area contributed by atoms with Crippen LogP contribution in [0.4, 0.5) is 4.39 Å². The lowest BCUT2D eigenvalue weighted by atomic mass is 9.95. The molecule has 1 aromatic heterocycles. The van der Waals surface area contributed by atoms with Gasteiger partial charge in [0.2, 0.25) is 0 Å². The summed E-state index contributed by atoms with van der Waals surface area (Å²) >= 11 is 6.84. The molecule has 19 heavy (non-hydrogen) atoms. The number of hydrogen-bond acceptors (Lipinski definition) is 4. The number of thiazole rings is 1. The molecule has 2 aromatic rings. The molecule has 1 heterocycles. The largest absolute Gasteiger partial charge is 0.291 e. The third kappa shape index (κ3) is 2.65. The van der Waals surface area contributed by atoms with Crippen LogP contribution in [0.3, 0.4) is 0 Å². The Labute approximate surface area is 118 Å². The smallest absolute Gasteiger partial charge is 0.196 e. The van der Waals surface area contributed by atoms with Gasteiger partial charge in [0, 0.05) is 11.8 Å². The van der Waals surface area contributed by atoms with Crippen molar-refractivity contribution in [2.24, 2.45) is 0 Å². The second kappa shape index (κ2) is 5.47. The Morgan fingerprint density at radius 2 is 2.32 bits per heavy atom. The number of Topliss-reactive ketones (excluding diaryl/α,β-unsaturated/α-hetero) is 1. The fourth-order valence-corrected chi connectivity index (χ4v) is 2.56. The van der Waals surface area contributed by atoms with E-state index in [0.29, 0.717) is 9.88 Å². The van der Waals surface area contributed by atoms with E-state index in [1.165, 1.54) is 35.7 Å². The lowest BCUT2D eigenvalue weighted by molar-refractivity contribution is 0.0981. The van der Waals surface area contributed by atoms with E-state index in [2.05, 4.69) is 4.98 Å². The number of nitriles is 1. The predicted molar refractivity (Wildman–Crippen MR) is 70.9 cm³/mol. The molecule has 0 saturated heterocycles. The number of halogens is 2. The average Bonchev–Trinajstić information content (AvgIpc) is 2.82. The van der Waals surface area contributed by atoms with Crippen molar-refractivity contribution in [3.63, 3.8) is 0 Å². The molecule has 0 aliphatic carbocycles. The van der Waals surface area contributed by atoms with Gasteiger partial charge in [-0.2, -0.15) is 5.26 Å². The van der Waals surface area contributed by atoms with Crippen LogP contribution in [0.1, 0.15) is 26.2 Å². The van der Waals surface area contributed by atoms with Crippen molar-refractivity contribution >= 4 is 28.7 Å². The zero-order chi connectivity index (χ0) is 14.0. The van der Waals surface area contributed by atoms with Crippen LogP contribution in [0.15, 0.2) is 24.4 Å². The lowest BCUT2D eigenvalue weighted by Gasteiger charge is -2.08. The van der Waals surface area contributed by atoms with Gasteiger partial charge < -0.3 is 0 Å². The van der Waals surface area contributed by atoms with E-state index in [1.54, 1.807) is 6.92 Å². The highest BCUT2D eigenvalue weighted by molar-refractivity contribution is 7.13. The average molecular weight is 295 g/mol. The molecule has 0 fully saturated rings. The van der Waals surface area contributed by atoms with Gasteiger partial charge in [-0.05, 0) is 13.0 Å². The Balaban J connectivity index is 2.43. The minimum atomic E-state index is -1.21. The van der Waals surface area contributed by atoms with Crippen LogP contribution in [0.5, 0.6) is 0 Å². The molecule has 96 valence electrons. The fourth-order valence-electron chi connectivity index (χ4n) is 1.63. The van der Waals surface area contributed by atoms with Crippen molar-refractivity contribution in [1.29, 1.82) is 5.26 Å². The first-order valence-electron chi connectivity index (χ1n) is 5.34. The molecule has 0 aliphatic heterocycles. The second-order valence-electron chi connectivity index (χ2n) is 3.81. The standard InChI is InChI=1S/C13H8ClFN2OS/c1-7-17-6-11(19-7)13(18)9(5-16)8-3-2-4-10(14)12(8)15/h2-4,6,9H,1H3. The zero-order valence-electron chi connectivity index (χ0n) is 9.85. The van der Waals surface area contributed by atoms with E-state index in [4.69, 9.17) is 16.9 Å². The van der Waals surface area contributed by atoms with E-state index in [0.717, 1.165) is 0 Å². The molecule has 0 aliphatic rings. The third-order valence-corrected chi connectivity index (χ3v) is 3.77. The SMILES string of the molecule is Cc1ncc(C(=O)C(C#N)c2cccc(Cl)c2F)s1. The highest BCUT2D eigenvalue weighted by Gasteiger charge is 2.26. The summed E-state index contributed by atoms with van der Waals surface area (Å²) in [6.07, 6.45) is 1.40. The molecule has 0 amide bonds. The maximum absolute atomic E-state index is 13.9. The molecule has 2 rings (SSSR count). The topological polar surface area (TPSA) is 53.8 Å². The molecule has 0 bridgehead atoms. The van der Waals surface area contributed by atoms with Crippen LogP contribution < -0.4 is 0 Å². The Morgan fingerprint density at radius 3 is 2.89 bits per heavy atom. The van der Waals surface area contributed by atoms with Crippen molar-refractivity contribution in [2.75, 3.05) is 0 Å². The minimum absolute atomic E-state index is 0.00828. The highest BCUT2D eigenvalue weighted by Crippen LogP contribution is 2.28. The Bertz CT molecular complexity index is 678. The van der Waals surface area contributed by atoms with Crippen LogP contribution in [-0.4, -0.2) is 10.8 Å². The number of ketones is 1. The van der Waals surface area contributed by atoms with Gasteiger partial charge in [-0.25, -0.2) is 9.37 Å². The molecular weight excluding hydrogens is 287 g/mol. The molecule has 1 aromatic carbocycles. The summed E-state index contributed by atoms with van der Waals surface area (Å²) in [6, 6.07) is 6.10. The van der Waals surface area contributed by atoms with Gasteiger partial charge >= 0.3 is 0 Å². The van der Waals surface area contributed by atoms with Gasteiger partial charge in [0.25, 0.3) is 0 Å². The summed E-state index contributed by atoms with van der Waals surface area (Å²) in [5.41, 5.74) is -0.00828. The quantitative estimate of drug-likeness (QED) is 0.810. The number of hydrogen-bond donors (Lipinski definition) is 0. The van der Waals surface area contributed by atoms with Crippen molar-refractivity contribution in [2.45, 2.75) is 12.8 Å². The molecule has 0 radical (unpaired) electrons. The second-order valence-corrected chi connectivity index (χ2v) is 5.45. The van der Waals surface area contributed by atoms with E-state index in [9.17, 15) is 9.18 Å². The van der Waals surface area contributed by atoms with Crippen LogP contribution in [0, 0.1) is 24.1 Å². The molecule has 1 atom stereocenters. The molecular formula is C13H8ClFN2OS. The maximum atomic E-state index is 13.9. The first-order chi connectivity index (χ1) is 9.04. The number of benzene rings is 1. The Hall–Kier alpha value is -1.77. The van der Waals surface area contributed by atoms with E-state index in [1.807, 2.05) is 6.07 Å². The van der Waals surface area contributed by atoms with Gasteiger partial charge in [-0.1, -0.05) is 23.7 Å². The number of carbonyl (C=O) groups excluding carboxylic acids is 1. The van der Waals surface area contributed by atoms with Crippen molar-refractivity contribution < 1.29 is 9.18 Å². The van der Waals surface area contributed by atoms with Crippen LogP contribution >= 0.6 is 22.9 Å². The van der Waals surface area contributed by atoms with Crippen molar-refractivity contribution in [3.8, 4) is 6.07 Å². The van der Waals surface area contributed by atoms with Gasteiger partial charge in [-0.3, -0.25) is 4.79 Å². The van der Waals surface area contributed by atoms with Gasteiger partial charge in [0.15, 0.2) is 5.78 Å². The van der Waals surface area contributed by atoms with Gasteiger partial charge in [0.05, 0.1) is 21.0 Å². The normalized spacial score (nSPS) is 11.9. The lowest BCUT2D eigenvalue weighted by Crippen LogP contribution is -2.11. The highest BCUT2D eigenvalue weighted by atomic mass is 35.5. The van der Waals surface area contributed by atoms with Crippen molar-refractivity contribution in [1.82, 2.24) is 4.98 Å². The monoisotopic (exact) mass is 294 g/mol. The molecule has 0 spiro atoms. The maximum Gasteiger partial charge on any atom is 0.196 e. The first kappa shape index (κ1) is 13.7. The fraction of sp³-hybridized carbons (Fsp3) is 0.154. The molecule has 0 saturated carbocycles. The minimum Gasteiger partial charge on any atom is -0.291 e.